The van der Waals surface area contributed by atoms with Gasteiger partial charge in [-0.15, -0.1) is 0 Å². The van der Waals surface area contributed by atoms with Crippen LogP contribution in [0.5, 0.6) is 0 Å². The van der Waals surface area contributed by atoms with E-state index >= 15 is 0 Å². The summed E-state index contributed by atoms with van der Waals surface area (Å²) < 4.78 is 9.29. The number of rotatable bonds is 34. The van der Waals surface area contributed by atoms with E-state index in [1.807, 2.05) is 0 Å². The van der Waals surface area contributed by atoms with Crippen LogP contribution in [0.4, 0.5) is 23.1 Å². The number of carbonyl (C=O) groups is 10. The van der Waals surface area contributed by atoms with E-state index in [1.54, 1.807) is 92.9 Å². The van der Waals surface area contributed by atoms with Crippen molar-refractivity contribution in [2.45, 2.75) is 89.9 Å². The number of aryl methyl sites for hydroxylation is 6. The first kappa shape index (κ1) is 64.1. The first-order valence-electron chi connectivity index (χ1n) is 27.9. The van der Waals surface area contributed by atoms with E-state index in [-0.39, 0.29) is 133 Å². The lowest BCUT2D eigenvalue weighted by Gasteiger charge is -2.06. The molecule has 0 aliphatic carbocycles. The third kappa shape index (κ3) is 18.7. The van der Waals surface area contributed by atoms with E-state index in [4.69, 9.17) is 5.73 Å². The van der Waals surface area contributed by atoms with E-state index in [1.165, 1.54) is 37.1 Å². The minimum Gasteiger partial charge on any atom is -0.356 e. The molecule has 0 radical (unpaired) electrons. The molecule has 6 aromatic heterocycles. The van der Waals surface area contributed by atoms with E-state index in [0.717, 1.165) is 19.4 Å². The molecule has 0 aliphatic rings. The van der Waals surface area contributed by atoms with Crippen molar-refractivity contribution in [3.63, 3.8) is 0 Å². The molecule has 0 spiro atoms. The maximum absolute atomic E-state index is 13.5. The molecule has 27 nitrogen and oxygen atoms in total. The molecule has 27 heteroatoms. The third-order valence-electron chi connectivity index (χ3n) is 13.6. The highest BCUT2D eigenvalue weighted by Crippen LogP contribution is 2.20. The Morgan fingerprint density at radius 2 is 0.964 bits per heavy atom. The Bertz CT molecular complexity index is 3380. The first-order valence-corrected chi connectivity index (χ1v) is 27.9. The highest BCUT2D eigenvalue weighted by Gasteiger charge is 2.24. The molecule has 6 rings (SSSR count). The van der Waals surface area contributed by atoms with Gasteiger partial charge >= 0.3 is 0 Å². The molecular formula is C57H78N17O10+. The van der Waals surface area contributed by atoms with Gasteiger partial charge in [0.25, 0.3) is 17.7 Å². The average molecular weight is 1160 g/mol. The molecule has 84 heavy (non-hydrogen) atoms. The summed E-state index contributed by atoms with van der Waals surface area (Å²) in [6.45, 7) is 1.64. The van der Waals surface area contributed by atoms with Crippen LogP contribution in [0.1, 0.15) is 151 Å². The van der Waals surface area contributed by atoms with Crippen molar-refractivity contribution in [2.24, 2.45) is 48.0 Å². The van der Waals surface area contributed by atoms with Crippen molar-refractivity contribution >= 4 is 81.7 Å². The van der Waals surface area contributed by atoms with Gasteiger partial charge in [0.2, 0.25) is 35.2 Å². The highest BCUT2D eigenvalue weighted by molar-refractivity contribution is 6.05. The largest absolute Gasteiger partial charge is 0.356 e. The summed E-state index contributed by atoms with van der Waals surface area (Å²) in [6.07, 6.45) is 15.0. The monoisotopic (exact) mass is 1160 g/mol. The minimum absolute atomic E-state index is 0.0183. The normalized spacial score (nSPS) is 11.2. The fourth-order valence-corrected chi connectivity index (χ4v) is 9.36. The van der Waals surface area contributed by atoms with Gasteiger partial charge in [-0.25, -0.2) is 15.0 Å². The number of nitrogens with one attached hydrogen (secondary N) is 7. The smallest absolute Gasteiger partial charge is 0.292 e. The first-order chi connectivity index (χ1) is 40.0. The number of unbranched alkanes of at least 4 members (excludes halogenated alkanes) is 3. The number of hydrogen-bond acceptors (Lipinski definition) is 14. The number of anilines is 4. The molecule has 450 valence electrons. The number of nitrogens with two attached hydrogens (primary N) is 1. The lowest BCUT2D eigenvalue weighted by atomic mass is 10.0. The molecule has 0 saturated carbocycles. The predicted molar refractivity (Wildman–Crippen MR) is 312 cm³/mol. The number of amides is 6. The number of carbonyl (C=O) groups excluding carboxylic acids is 10. The van der Waals surface area contributed by atoms with Crippen LogP contribution in [0.25, 0.3) is 0 Å². The van der Waals surface area contributed by atoms with Crippen molar-refractivity contribution in [3.05, 3.63) is 101 Å². The van der Waals surface area contributed by atoms with Crippen molar-refractivity contribution in [1.29, 1.82) is 0 Å². The Balaban J connectivity index is 0.876. The van der Waals surface area contributed by atoms with Crippen LogP contribution in [0.3, 0.4) is 0 Å². The Labute approximate surface area is 486 Å². The zero-order valence-electron chi connectivity index (χ0n) is 49.1. The zero-order chi connectivity index (χ0) is 61.2. The molecule has 6 aromatic rings. The number of aromatic nitrogens is 9. The second kappa shape index (κ2) is 30.3. The van der Waals surface area contributed by atoms with E-state index < -0.39 is 17.7 Å². The molecule has 0 aromatic carbocycles. The molecule has 0 bridgehead atoms. The number of imidazole rings is 3. The topological polar surface area (TPSA) is 342 Å². The maximum Gasteiger partial charge on any atom is 0.292 e. The SMILES string of the molecule is Cn1cc(CC(=O)c2cc(CC(=O)c3nc(NC(=O)CCCCCNC(=O)c4cc(NC(=O)c5nc(NC(=O)c6nc(NC(=O)CCNC(=O)CCN)cn6C)cn5C)cn4C)cn3C)cn2C)cc1C(=O)CCCC(=O)CCCC[NH+](C)C. The summed E-state index contributed by atoms with van der Waals surface area (Å²) in [5.74, 6) is -2.60. The molecule has 0 aliphatic heterocycles. The van der Waals surface area contributed by atoms with Crippen LogP contribution in [-0.4, -0.2) is 141 Å². The van der Waals surface area contributed by atoms with Gasteiger partial charge in [0.1, 0.15) is 11.5 Å². The standard InChI is InChI=1S/C57H77N17O10/c1-68(2)24-13-11-15-39(75)16-14-17-43(76)40-25-36(30-69(40)3)27-44(77)41-26-37(31-70(41)4)28-45(78)52-64-46(33-72(52)6)62-50(80)18-10-9-12-22-60-55(82)42-29-38(32-71(42)5)61-56(83)53-66-48(35-74(53)8)67-57(84)54-65-47(34-73(54)7)63-51(81)20-23-59-49(79)19-21-58/h25-26,29-35H,9-24,27-28,58H2,1-8H3,(H,59,79)(H,60,82)(H,61,83)(H,62,80)(H,63,81)(H,67,84)/p+1. The van der Waals surface area contributed by atoms with Crippen molar-refractivity contribution in [3.8, 4) is 0 Å². The lowest BCUT2D eigenvalue weighted by molar-refractivity contribution is -0.858. The van der Waals surface area contributed by atoms with Crippen molar-refractivity contribution in [2.75, 3.05) is 61.5 Å². The van der Waals surface area contributed by atoms with Crippen LogP contribution in [-0.2, 0) is 74.3 Å². The summed E-state index contributed by atoms with van der Waals surface area (Å²) in [7, 11) is 14.1. The quantitative estimate of drug-likeness (QED) is 0.0212. The van der Waals surface area contributed by atoms with E-state index in [9.17, 15) is 47.9 Å². The molecule has 6 heterocycles. The van der Waals surface area contributed by atoms with Gasteiger partial charge < -0.3 is 69.9 Å². The average Bonchev–Trinajstić information content (AvgIpc) is 3.92. The van der Waals surface area contributed by atoms with Crippen molar-refractivity contribution < 1.29 is 52.8 Å². The maximum atomic E-state index is 13.5. The van der Waals surface area contributed by atoms with Gasteiger partial charge in [0.15, 0.2) is 34.8 Å². The number of hydrogen-bond donors (Lipinski definition) is 8. The van der Waals surface area contributed by atoms with Gasteiger partial charge in [0, 0.05) is 150 Å². The number of Topliss-reactive ketones (excluding diaryl/α,β-unsaturated/α-hetero) is 4. The summed E-state index contributed by atoms with van der Waals surface area (Å²) in [4.78, 5) is 143. The zero-order valence-corrected chi connectivity index (χ0v) is 49.1. The fraction of sp³-hybridized carbons (Fsp3) is 0.456. The van der Waals surface area contributed by atoms with Gasteiger partial charge in [-0.2, -0.15) is 0 Å². The Hall–Kier alpha value is -9.11. The second-order valence-electron chi connectivity index (χ2n) is 21.2. The summed E-state index contributed by atoms with van der Waals surface area (Å²) in [6, 6.07) is 4.91. The van der Waals surface area contributed by atoms with Gasteiger partial charge in [0.05, 0.1) is 37.7 Å². The van der Waals surface area contributed by atoms with E-state index in [2.05, 4.69) is 60.9 Å². The summed E-state index contributed by atoms with van der Waals surface area (Å²) in [5.41, 5.74) is 8.13. The molecular weight excluding hydrogens is 1080 g/mol. The second-order valence-corrected chi connectivity index (χ2v) is 21.2. The van der Waals surface area contributed by atoms with Crippen LogP contribution < -0.4 is 42.5 Å². The lowest BCUT2D eigenvalue weighted by Crippen LogP contribution is -3.05. The molecule has 0 atom stereocenters. The van der Waals surface area contributed by atoms with E-state index in [0.29, 0.717) is 73.3 Å². The molecule has 0 fully saturated rings. The molecule has 9 N–H and O–H groups in total. The third-order valence-corrected chi connectivity index (χ3v) is 13.6. The van der Waals surface area contributed by atoms with Crippen LogP contribution in [0, 0.1) is 0 Å². The van der Waals surface area contributed by atoms with Gasteiger partial charge in [-0.05, 0) is 61.4 Å². The highest BCUT2D eigenvalue weighted by atomic mass is 16.2. The van der Waals surface area contributed by atoms with Gasteiger partial charge in [-0.1, -0.05) is 6.42 Å². The Kier molecular flexibility index (Phi) is 23.1. The number of nitrogens with zero attached hydrogens (tertiary/aromatic N) is 9. The van der Waals surface area contributed by atoms with Crippen molar-refractivity contribution in [1.82, 2.24) is 53.0 Å². The summed E-state index contributed by atoms with van der Waals surface area (Å²) >= 11 is 0. The molecule has 0 unspecified atom stereocenters. The Morgan fingerprint density at radius 1 is 0.440 bits per heavy atom. The Morgan fingerprint density at radius 3 is 1.58 bits per heavy atom. The molecule has 0 saturated heterocycles. The minimum atomic E-state index is -0.658. The fourth-order valence-electron chi connectivity index (χ4n) is 9.36. The van der Waals surface area contributed by atoms with Crippen LogP contribution in [0.2, 0.25) is 0 Å². The van der Waals surface area contributed by atoms with Crippen LogP contribution >= 0.6 is 0 Å². The number of quaternary nitrogens is 1. The van der Waals surface area contributed by atoms with Gasteiger partial charge in [-0.3, -0.25) is 47.9 Å². The summed E-state index contributed by atoms with van der Waals surface area (Å²) in [5, 5.41) is 16.1. The number of ketones is 4. The molecule has 6 amide bonds. The van der Waals surface area contributed by atoms with Crippen LogP contribution in [0.15, 0.2) is 55.4 Å². The predicted octanol–water partition coefficient (Wildman–Crippen LogP) is 2.22.